The molecule has 1 aromatic rings. The third kappa shape index (κ3) is 3.17. The molecule has 1 saturated heterocycles. The minimum atomic E-state index is -0.756. The number of carboxylic acids is 1. The molecule has 3 rings (SSSR count). The summed E-state index contributed by atoms with van der Waals surface area (Å²) in [5, 5.41) is 9.60. The van der Waals surface area contributed by atoms with Gasteiger partial charge in [-0.3, -0.25) is 9.59 Å². The summed E-state index contributed by atoms with van der Waals surface area (Å²) in [6.07, 6.45) is 3.53. The molecular formula is C19H24FNO3. The Kier molecular flexibility index (Phi) is 4.61. The smallest absolute Gasteiger partial charge is 0.311 e. The lowest BCUT2D eigenvalue weighted by atomic mass is 9.81. The van der Waals surface area contributed by atoms with Crippen LogP contribution in [0.15, 0.2) is 24.3 Å². The number of fused-ring (bicyclic) bond motifs is 1. The number of halogens is 1. The molecule has 1 heterocycles. The van der Waals surface area contributed by atoms with Crippen molar-refractivity contribution in [2.75, 3.05) is 13.1 Å². The first-order chi connectivity index (χ1) is 11.4. The second-order valence-electron chi connectivity index (χ2n) is 7.47. The molecule has 24 heavy (non-hydrogen) atoms. The lowest BCUT2D eigenvalue weighted by Crippen LogP contribution is -2.37. The molecule has 0 spiro atoms. The Bertz CT molecular complexity index is 647. The van der Waals surface area contributed by atoms with Crippen molar-refractivity contribution < 1.29 is 19.1 Å². The second kappa shape index (κ2) is 6.54. The van der Waals surface area contributed by atoms with Gasteiger partial charge in [0.1, 0.15) is 5.82 Å². The molecule has 1 aliphatic carbocycles. The van der Waals surface area contributed by atoms with Crippen molar-refractivity contribution in [3.8, 4) is 0 Å². The lowest BCUT2D eigenvalue weighted by molar-refractivity contribution is -0.149. The van der Waals surface area contributed by atoms with Crippen molar-refractivity contribution in [3.05, 3.63) is 35.6 Å². The van der Waals surface area contributed by atoms with Crippen molar-refractivity contribution in [1.29, 1.82) is 0 Å². The summed E-state index contributed by atoms with van der Waals surface area (Å²) in [4.78, 5) is 26.0. The molecule has 1 aromatic carbocycles. The first kappa shape index (κ1) is 16.9. The van der Waals surface area contributed by atoms with Gasteiger partial charge in [-0.1, -0.05) is 25.5 Å². The molecule has 0 radical (unpaired) electrons. The average molecular weight is 333 g/mol. The van der Waals surface area contributed by atoms with Crippen LogP contribution in [0.4, 0.5) is 4.39 Å². The number of likely N-dealkylation sites (tertiary alicyclic amines) is 1. The Labute approximate surface area is 141 Å². The normalized spacial score (nSPS) is 27.1. The van der Waals surface area contributed by atoms with Gasteiger partial charge in [0, 0.05) is 19.5 Å². The van der Waals surface area contributed by atoms with E-state index in [-0.39, 0.29) is 23.6 Å². The van der Waals surface area contributed by atoms with E-state index in [4.69, 9.17) is 0 Å². The van der Waals surface area contributed by atoms with Crippen LogP contribution in [0.1, 0.15) is 38.2 Å². The molecule has 2 aliphatic rings. The largest absolute Gasteiger partial charge is 0.481 e. The number of carbonyl (C=O) groups is 2. The minimum Gasteiger partial charge on any atom is -0.481 e. The topological polar surface area (TPSA) is 57.6 Å². The molecule has 2 fully saturated rings. The molecule has 1 N–H and O–H groups in total. The van der Waals surface area contributed by atoms with Crippen LogP contribution in [0.25, 0.3) is 0 Å². The maximum atomic E-state index is 13.2. The molecule has 5 heteroatoms. The third-order valence-corrected chi connectivity index (χ3v) is 5.65. The maximum absolute atomic E-state index is 13.2. The van der Waals surface area contributed by atoms with Crippen LogP contribution < -0.4 is 0 Å². The van der Waals surface area contributed by atoms with Gasteiger partial charge < -0.3 is 10.0 Å². The summed E-state index contributed by atoms with van der Waals surface area (Å²) in [5.41, 5.74) is 0.164. The Morgan fingerprint density at radius 1 is 1.46 bits per heavy atom. The van der Waals surface area contributed by atoms with Gasteiger partial charge in [-0.05, 0) is 48.8 Å². The summed E-state index contributed by atoms with van der Waals surface area (Å²) in [5.74, 6) is -0.804. The SMILES string of the molecule is CC(CC(=O)N1C[C@@H]2CCC[C@@]2(C(=O)O)C1)Cc1cccc(F)c1. The molecule has 130 valence electrons. The van der Waals surface area contributed by atoms with E-state index in [9.17, 15) is 19.1 Å². The first-order valence-electron chi connectivity index (χ1n) is 8.66. The highest BCUT2D eigenvalue weighted by molar-refractivity contribution is 5.81. The van der Waals surface area contributed by atoms with Crippen molar-refractivity contribution in [3.63, 3.8) is 0 Å². The zero-order valence-corrected chi connectivity index (χ0v) is 14.0. The quantitative estimate of drug-likeness (QED) is 0.901. The standard InChI is InChI=1S/C19H24FNO3/c1-13(8-14-4-2-6-16(20)10-14)9-17(22)21-11-15-5-3-7-19(15,12-21)18(23)24/h2,4,6,10,13,15H,3,5,7-9,11-12H2,1H3,(H,23,24)/t13?,15-,19+/m0/s1. The Balaban J connectivity index is 1.59. The number of hydrogen-bond donors (Lipinski definition) is 1. The van der Waals surface area contributed by atoms with Gasteiger partial charge >= 0.3 is 5.97 Å². The lowest BCUT2D eigenvalue weighted by Gasteiger charge is -2.24. The van der Waals surface area contributed by atoms with Crippen LogP contribution in [0.5, 0.6) is 0 Å². The molecule has 1 amide bonds. The van der Waals surface area contributed by atoms with Crippen LogP contribution in [0, 0.1) is 23.1 Å². The van der Waals surface area contributed by atoms with Crippen LogP contribution in [-0.2, 0) is 16.0 Å². The Hall–Kier alpha value is -1.91. The van der Waals surface area contributed by atoms with Gasteiger partial charge in [0.2, 0.25) is 5.91 Å². The van der Waals surface area contributed by atoms with Crippen molar-refractivity contribution in [2.24, 2.45) is 17.3 Å². The predicted molar refractivity (Wildman–Crippen MR) is 87.9 cm³/mol. The van der Waals surface area contributed by atoms with E-state index in [0.717, 1.165) is 18.4 Å². The van der Waals surface area contributed by atoms with Crippen molar-refractivity contribution in [2.45, 2.75) is 39.0 Å². The van der Waals surface area contributed by atoms with Gasteiger partial charge in [-0.2, -0.15) is 0 Å². The van der Waals surface area contributed by atoms with E-state index in [1.54, 1.807) is 11.0 Å². The highest BCUT2D eigenvalue weighted by Crippen LogP contribution is 2.49. The molecule has 0 bridgehead atoms. The molecule has 4 nitrogen and oxygen atoms in total. The summed E-state index contributed by atoms with van der Waals surface area (Å²) >= 11 is 0. The van der Waals surface area contributed by atoms with E-state index in [1.807, 2.05) is 13.0 Å². The van der Waals surface area contributed by atoms with E-state index in [0.29, 0.717) is 32.4 Å². The maximum Gasteiger partial charge on any atom is 0.311 e. The molecule has 1 aliphatic heterocycles. The minimum absolute atomic E-state index is 0.0222. The van der Waals surface area contributed by atoms with E-state index >= 15 is 0 Å². The molecule has 0 aromatic heterocycles. The number of carbonyl (C=O) groups excluding carboxylic acids is 1. The Morgan fingerprint density at radius 2 is 2.25 bits per heavy atom. The monoisotopic (exact) mass is 333 g/mol. The van der Waals surface area contributed by atoms with Crippen LogP contribution >= 0.6 is 0 Å². The number of amides is 1. The molecule has 1 unspecified atom stereocenters. The highest BCUT2D eigenvalue weighted by Gasteiger charge is 2.55. The zero-order valence-electron chi connectivity index (χ0n) is 14.0. The van der Waals surface area contributed by atoms with E-state index < -0.39 is 11.4 Å². The predicted octanol–water partition coefficient (Wildman–Crippen LogP) is 3.11. The summed E-state index contributed by atoms with van der Waals surface area (Å²) in [7, 11) is 0. The summed E-state index contributed by atoms with van der Waals surface area (Å²) < 4.78 is 13.2. The van der Waals surface area contributed by atoms with Gasteiger partial charge in [-0.15, -0.1) is 0 Å². The molecule has 1 saturated carbocycles. The molecular weight excluding hydrogens is 309 g/mol. The van der Waals surface area contributed by atoms with Crippen LogP contribution in [0.3, 0.4) is 0 Å². The fourth-order valence-electron chi connectivity index (χ4n) is 4.39. The van der Waals surface area contributed by atoms with Crippen molar-refractivity contribution >= 4 is 11.9 Å². The molecule has 3 atom stereocenters. The van der Waals surface area contributed by atoms with E-state index in [1.165, 1.54) is 12.1 Å². The number of nitrogens with zero attached hydrogens (tertiary/aromatic N) is 1. The number of carboxylic acid groups (broad SMARTS) is 1. The number of benzene rings is 1. The summed E-state index contributed by atoms with van der Waals surface area (Å²) in [6.45, 7) is 2.89. The fourth-order valence-corrected chi connectivity index (χ4v) is 4.39. The Morgan fingerprint density at radius 3 is 2.92 bits per heavy atom. The number of aliphatic carboxylic acids is 1. The first-order valence-corrected chi connectivity index (χ1v) is 8.66. The van der Waals surface area contributed by atoms with Crippen LogP contribution in [0.2, 0.25) is 0 Å². The van der Waals surface area contributed by atoms with Gasteiger partial charge in [-0.25, -0.2) is 4.39 Å². The number of rotatable bonds is 5. The van der Waals surface area contributed by atoms with Crippen LogP contribution in [-0.4, -0.2) is 35.0 Å². The summed E-state index contributed by atoms with van der Waals surface area (Å²) in [6, 6.07) is 6.45. The third-order valence-electron chi connectivity index (χ3n) is 5.65. The van der Waals surface area contributed by atoms with Gasteiger partial charge in [0.05, 0.1) is 5.41 Å². The zero-order chi connectivity index (χ0) is 17.3. The fraction of sp³-hybridized carbons (Fsp3) is 0.579. The van der Waals surface area contributed by atoms with Gasteiger partial charge in [0.15, 0.2) is 0 Å². The number of hydrogen-bond acceptors (Lipinski definition) is 2. The second-order valence-corrected chi connectivity index (χ2v) is 7.47. The van der Waals surface area contributed by atoms with Crippen molar-refractivity contribution in [1.82, 2.24) is 4.90 Å². The average Bonchev–Trinajstić information content (AvgIpc) is 3.04. The van der Waals surface area contributed by atoms with E-state index in [2.05, 4.69) is 0 Å². The highest BCUT2D eigenvalue weighted by atomic mass is 19.1. The van der Waals surface area contributed by atoms with Gasteiger partial charge in [0.25, 0.3) is 0 Å².